The van der Waals surface area contributed by atoms with Gasteiger partial charge >= 0.3 is 0 Å². The van der Waals surface area contributed by atoms with E-state index < -0.39 is 5.41 Å². The molecule has 0 atom stereocenters. The van der Waals surface area contributed by atoms with Crippen LogP contribution in [0.1, 0.15) is 22.3 Å². The van der Waals surface area contributed by atoms with E-state index in [1.54, 1.807) is 0 Å². The van der Waals surface area contributed by atoms with Crippen LogP contribution in [0.2, 0.25) is 0 Å². The SMILES string of the molecule is c1ccc(-c2cc(-c3ccccc3)cc(-c3cc(-c4cccc5c4-c4ccccc4C54c5ccccc5-c5ccccc5-c5ccccc54)nc(-c4ccccc4-c4ccccc4)n3)c2)cc1. The van der Waals surface area contributed by atoms with Gasteiger partial charge < -0.3 is 0 Å². The molecule has 10 aromatic carbocycles. The van der Waals surface area contributed by atoms with Crippen molar-refractivity contribution in [3.63, 3.8) is 0 Å². The summed E-state index contributed by atoms with van der Waals surface area (Å²) < 4.78 is 0. The average Bonchev–Trinajstić information content (AvgIpc) is 3.66. The average molecular weight is 851 g/mol. The Balaban J connectivity index is 1.11. The topological polar surface area (TPSA) is 25.8 Å². The highest BCUT2D eigenvalue weighted by molar-refractivity contribution is 6.01. The summed E-state index contributed by atoms with van der Waals surface area (Å²) in [6, 6.07) is 92.6. The minimum absolute atomic E-state index is 0.610. The lowest BCUT2D eigenvalue weighted by Crippen LogP contribution is -2.29. The second-order valence-electron chi connectivity index (χ2n) is 17.6. The van der Waals surface area contributed by atoms with E-state index in [0.29, 0.717) is 5.82 Å². The van der Waals surface area contributed by atoms with E-state index in [-0.39, 0.29) is 0 Å². The van der Waals surface area contributed by atoms with Gasteiger partial charge in [0.25, 0.3) is 0 Å². The number of aromatic nitrogens is 2. The van der Waals surface area contributed by atoms with Gasteiger partial charge in [-0.25, -0.2) is 9.97 Å². The normalized spacial score (nSPS) is 12.6. The van der Waals surface area contributed by atoms with E-state index in [1.165, 1.54) is 55.6 Å². The first-order chi connectivity index (χ1) is 33.2. The van der Waals surface area contributed by atoms with Crippen molar-refractivity contribution in [2.45, 2.75) is 5.41 Å². The second kappa shape index (κ2) is 15.8. The molecule has 0 fully saturated rings. The molecule has 0 saturated carbocycles. The molecule has 2 nitrogen and oxygen atoms in total. The van der Waals surface area contributed by atoms with Crippen LogP contribution < -0.4 is 0 Å². The zero-order valence-electron chi connectivity index (χ0n) is 36.6. The maximum Gasteiger partial charge on any atom is 0.161 e. The molecule has 0 aliphatic heterocycles. The molecule has 2 heteroatoms. The third-order valence-corrected chi connectivity index (χ3v) is 13.9. The predicted molar refractivity (Wildman–Crippen MR) is 276 cm³/mol. The fourth-order valence-electron chi connectivity index (χ4n) is 11.1. The van der Waals surface area contributed by atoms with Crippen LogP contribution in [0.5, 0.6) is 0 Å². The van der Waals surface area contributed by atoms with Crippen molar-refractivity contribution in [3.05, 3.63) is 277 Å². The summed E-state index contributed by atoms with van der Waals surface area (Å²) in [5.74, 6) is 0.678. The van der Waals surface area contributed by atoms with E-state index in [4.69, 9.17) is 9.97 Å². The van der Waals surface area contributed by atoms with E-state index in [0.717, 1.165) is 61.5 Å². The minimum atomic E-state index is -0.610. The largest absolute Gasteiger partial charge is 0.228 e. The second-order valence-corrected chi connectivity index (χ2v) is 17.6. The van der Waals surface area contributed by atoms with Crippen LogP contribution in [0, 0.1) is 0 Å². The van der Waals surface area contributed by atoms with Crippen LogP contribution in [-0.2, 0) is 5.41 Å². The Morgan fingerprint density at radius 2 is 0.612 bits per heavy atom. The maximum absolute atomic E-state index is 5.66. The molecule has 1 aromatic heterocycles. The Labute approximate surface area is 391 Å². The van der Waals surface area contributed by atoms with Crippen molar-refractivity contribution in [3.8, 4) is 101 Å². The lowest BCUT2D eigenvalue weighted by Gasteiger charge is -2.35. The molecule has 0 bridgehead atoms. The third kappa shape index (κ3) is 6.18. The monoisotopic (exact) mass is 850 g/mol. The Morgan fingerprint density at radius 1 is 0.224 bits per heavy atom. The van der Waals surface area contributed by atoms with E-state index in [2.05, 4.69) is 255 Å². The first-order valence-electron chi connectivity index (χ1n) is 23.1. The van der Waals surface area contributed by atoms with Crippen molar-refractivity contribution in [1.29, 1.82) is 0 Å². The van der Waals surface area contributed by atoms with Crippen LogP contribution in [-0.4, -0.2) is 9.97 Å². The summed E-state index contributed by atoms with van der Waals surface area (Å²) in [6.07, 6.45) is 0. The summed E-state index contributed by atoms with van der Waals surface area (Å²) in [4.78, 5) is 11.2. The van der Waals surface area contributed by atoms with Crippen LogP contribution >= 0.6 is 0 Å². The van der Waals surface area contributed by atoms with Crippen LogP contribution in [0.3, 0.4) is 0 Å². The number of fused-ring (bicyclic) bond motifs is 12. The Hall–Kier alpha value is -8.72. The van der Waals surface area contributed by atoms with Crippen LogP contribution in [0.25, 0.3) is 101 Å². The fraction of sp³-hybridized carbons (Fsp3) is 0.0154. The molecular weight excluding hydrogens is 809 g/mol. The van der Waals surface area contributed by atoms with Gasteiger partial charge in [-0.15, -0.1) is 0 Å². The molecule has 312 valence electrons. The lowest BCUT2D eigenvalue weighted by molar-refractivity contribution is 0.775. The van der Waals surface area contributed by atoms with Gasteiger partial charge in [0.1, 0.15) is 0 Å². The first-order valence-corrected chi connectivity index (χ1v) is 23.1. The van der Waals surface area contributed by atoms with Crippen molar-refractivity contribution >= 4 is 0 Å². The number of rotatable bonds is 6. The summed E-state index contributed by atoms with van der Waals surface area (Å²) >= 11 is 0. The first kappa shape index (κ1) is 38.7. The Morgan fingerprint density at radius 3 is 1.18 bits per heavy atom. The summed E-state index contributed by atoms with van der Waals surface area (Å²) in [7, 11) is 0. The molecule has 0 saturated heterocycles. The van der Waals surface area contributed by atoms with Gasteiger partial charge in [0.2, 0.25) is 0 Å². The molecule has 67 heavy (non-hydrogen) atoms. The summed E-state index contributed by atoms with van der Waals surface area (Å²) in [5, 5.41) is 0. The van der Waals surface area contributed by atoms with Crippen molar-refractivity contribution in [2.75, 3.05) is 0 Å². The molecule has 0 radical (unpaired) electrons. The molecular formula is C65H42N2. The van der Waals surface area contributed by atoms with Gasteiger partial charge in [-0.05, 0) is 113 Å². The molecule has 2 aliphatic rings. The van der Waals surface area contributed by atoms with Gasteiger partial charge in [0.15, 0.2) is 5.82 Å². The molecule has 13 rings (SSSR count). The zero-order chi connectivity index (χ0) is 44.3. The highest BCUT2D eigenvalue weighted by atomic mass is 14.9. The predicted octanol–water partition coefficient (Wildman–Crippen LogP) is 16.5. The maximum atomic E-state index is 5.66. The molecule has 2 aliphatic carbocycles. The quantitative estimate of drug-likeness (QED) is 0.167. The zero-order valence-corrected chi connectivity index (χ0v) is 36.6. The van der Waals surface area contributed by atoms with Crippen molar-refractivity contribution < 1.29 is 0 Å². The highest BCUT2D eigenvalue weighted by Gasteiger charge is 2.50. The van der Waals surface area contributed by atoms with Gasteiger partial charge in [-0.1, -0.05) is 231 Å². The summed E-state index contributed by atoms with van der Waals surface area (Å²) in [5.41, 5.74) is 23.5. The Kier molecular flexibility index (Phi) is 9.11. The van der Waals surface area contributed by atoms with Crippen molar-refractivity contribution in [1.82, 2.24) is 9.97 Å². The van der Waals surface area contributed by atoms with Gasteiger partial charge in [0.05, 0.1) is 16.8 Å². The number of benzene rings is 10. The van der Waals surface area contributed by atoms with Gasteiger partial charge in [0, 0.05) is 16.7 Å². The number of hydrogen-bond donors (Lipinski definition) is 0. The molecule has 1 heterocycles. The molecule has 0 unspecified atom stereocenters. The molecule has 0 amide bonds. The third-order valence-electron chi connectivity index (χ3n) is 13.9. The van der Waals surface area contributed by atoms with Gasteiger partial charge in [-0.3, -0.25) is 0 Å². The van der Waals surface area contributed by atoms with E-state index in [1.807, 2.05) is 0 Å². The minimum Gasteiger partial charge on any atom is -0.228 e. The standard InChI is InChI=1S/C65H42N2/c1-4-21-43(22-5-1)46-39-47(44-23-6-2-7-24-44)41-48(40-46)61-42-62(67-64(66-61)54-32-13-10-27-49(54)45-25-8-3-9-26-45)56-34-20-38-60-63(56)55-33-16-19-37-59(55)65(60)57-35-17-14-30-52(57)50-28-11-12-29-51(50)53-31-15-18-36-58(53)65/h1-42H. The fourth-order valence-corrected chi connectivity index (χ4v) is 11.1. The van der Waals surface area contributed by atoms with Gasteiger partial charge in [-0.2, -0.15) is 0 Å². The van der Waals surface area contributed by atoms with Crippen LogP contribution in [0.15, 0.2) is 255 Å². The summed E-state index contributed by atoms with van der Waals surface area (Å²) in [6.45, 7) is 0. The smallest absolute Gasteiger partial charge is 0.161 e. The van der Waals surface area contributed by atoms with E-state index in [9.17, 15) is 0 Å². The molecule has 1 spiro atoms. The number of nitrogens with zero attached hydrogens (tertiary/aromatic N) is 2. The van der Waals surface area contributed by atoms with E-state index >= 15 is 0 Å². The molecule has 11 aromatic rings. The Bertz CT molecular complexity index is 3560. The lowest BCUT2D eigenvalue weighted by atomic mass is 9.66. The van der Waals surface area contributed by atoms with Crippen LogP contribution in [0.4, 0.5) is 0 Å². The number of hydrogen-bond acceptors (Lipinski definition) is 2. The van der Waals surface area contributed by atoms with Crippen molar-refractivity contribution in [2.24, 2.45) is 0 Å². The highest BCUT2D eigenvalue weighted by Crippen LogP contribution is 2.62. The molecule has 0 N–H and O–H groups in total.